The number of amides is 1. The molecule has 6 heteroatoms. The van der Waals surface area contributed by atoms with Crippen LogP contribution in [0.3, 0.4) is 0 Å². The number of nitrogens with one attached hydrogen (secondary N) is 1. The lowest BCUT2D eigenvalue weighted by Gasteiger charge is -2.04. The Morgan fingerprint density at radius 2 is 1.75 bits per heavy atom. The van der Waals surface area contributed by atoms with Crippen molar-refractivity contribution in [3.05, 3.63) is 83.7 Å². The number of aromatic nitrogens is 3. The van der Waals surface area contributed by atoms with Gasteiger partial charge in [-0.3, -0.25) is 9.59 Å². The second-order valence-electron chi connectivity index (χ2n) is 6.54. The molecule has 0 saturated heterocycles. The third-order valence-corrected chi connectivity index (χ3v) is 4.43. The number of Topliss-reactive ketones (excluding diaryl/α,β-unsaturated/α-hetero) is 1. The van der Waals surface area contributed by atoms with Crippen molar-refractivity contribution < 1.29 is 9.59 Å². The molecule has 2 aromatic carbocycles. The zero-order valence-electron chi connectivity index (χ0n) is 15.5. The zero-order valence-corrected chi connectivity index (χ0v) is 15.5. The molecule has 0 atom stereocenters. The molecule has 4 aromatic rings. The maximum absolute atomic E-state index is 12.6. The molecule has 2 heterocycles. The number of carbonyl (C=O) groups is 2. The normalized spacial score (nSPS) is 10.8. The molecule has 1 amide bonds. The topological polar surface area (TPSA) is 76.4 Å². The van der Waals surface area contributed by atoms with Crippen LogP contribution < -0.4 is 5.32 Å². The van der Waals surface area contributed by atoms with E-state index in [1.54, 1.807) is 34.8 Å². The Balaban J connectivity index is 1.66. The van der Waals surface area contributed by atoms with Crippen molar-refractivity contribution in [1.29, 1.82) is 0 Å². The quantitative estimate of drug-likeness (QED) is 0.547. The second-order valence-corrected chi connectivity index (χ2v) is 6.54. The number of rotatable bonds is 4. The highest BCUT2D eigenvalue weighted by molar-refractivity contribution is 6.04. The van der Waals surface area contributed by atoms with Gasteiger partial charge in [-0.15, -0.1) is 0 Å². The maximum Gasteiger partial charge on any atom is 0.276 e. The minimum absolute atomic E-state index is 0.0582. The standard InChI is InChI=1S/C22H18N4O2/c1-14-11-19(16-7-4-3-5-8-16)24-21-13-20(25-26(14)21)22(28)23-18-10-6-9-17(12-18)15(2)27/h3-13H,1-2H3,(H,23,28). The third kappa shape index (κ3) is 3.40. The van der Waals surface area contributed by atoms with Crippen LogP contribution in [0.1, 0.15) is 33.5 Å². The van der Waals surface area contributed by atoms with Crippen LogP contribution in [0.25, 0.3) is 16.9 Å². The molecule has 2 aromatic heterocycles. The summed E-state index contributed by atoms with van der Waals surface area (Å²) in [6.07, 6.45) is 0. The molecular weight excluding hydrogens is 352 g/mol. The monoisotopic (exact) mass is 370 g/mol. The molecule has 0 aliphatic carbocycles. The number of fused-ring (bicyclic) bond motifs is 1. The van der Waals surface area contributed by atoms with Gasteiger partial charge in [-0.2, -0.15) is 5.10 Å². The highest BCUT2D eigenvalue weighted by Gasteiger charge is 2.15. The van der Waals surface area contributed by atoms with Gasteiger partial charge in [0.1, 0.15) is 0 Å². The fourth-order valence-electron chi connectivity index (χ4n) is 3.00. The predicted molar refractivity (Wildman–Crippen MR) is 108 cm³/mol. The first kappa shape index (κ1) is 17.6. The highest BCUT2D eigenvalue weighted by atomic mass is 16.2. The van der Waals surface area contributed by atoms with Gasteiger partial charge in [0.25, 0.3) is 5.91 Å². The fourth-order valence-corrected chi connectivity index (χ4v) is 3.00. The number of hydrogen-bond acceptors (Lipinski definition) is 4. The maximum atomic E-state index is 12.6. The Kier molecular flexibility index (Phi) is 4.45. The van der Waals surface area contributed by atoms with Crippen molar-refractivity contribution in [2.45, 2.75) is 13.8 Å². The van der Waals surface area contributed by atoms with Crippen LogP contribution in [0.5, 0.6) is 0 Å². The van der Waals surface area contributed by atoms with Gasteiger partial charge in [0.2, 0.25) is 0 Å². The molecule has 0 aliphatic rings. The summed E-state index contributed by atoms with van der Waals surface area (Å²) in [5.74, 6) is -0.413. The van der Waals surface area contributed by atoms with E-state index in [4.69, 9.17) is 0 Å². The molecule has 0 fully saturated rings. The molecule has 0 spiro atoms. The largest absolute Gasteiger partial charge is 0.321 e. The molecule has 1 N–H and O–H groups in total. The van der Waals surface area contributed by atoms with Crippen LogP contribution in [0.15, 0.2) is 66.7 Å². The van der Waals surface area contributed by atoms with E-state index in [-0.39, 0.29) is 17.4 Å². The first-order valence-corrected chi connectivity index (χ1v) is 8.86. The molecule has 6 nitrogen and oxygen atoms in total. The molecule has 28 heavy (non-hydrogen) atoms. The molecule has 4 rings (SSSR count). The highest BCUT2D eigenvalue weighted by Crippen LogP contribution is 2.20. The van der Waals surface area contributed by atoms with Crippen molar-refractivity contribution >= 4 is 23.0 Å². The Labute approximate surface area is 161 Å². The van der Waals surface area contributed by atoms with Gasteiger partial charge in [0.15, 0.2) is 17.1 Å². The molecule has 138 valence electrons. The Morgan fingerprint density at radius 3 is 2.50 bits per heavy atom. The van der Waals surface area contributed by atoms with E-state index in [0.29, 0.717) is 16.9 Å². The van der Waals surface area contributed by atoms with Crippen molar-refractivity contribution in [2.24, 2.45) is 0 Å². The first-order chi connectivity index (χ1) is 13.5. The third-order valence-electron chi connectivity index (χ3n) is 4.43. The van der Waals surface area contributed by atoms with Crippen molar-refractivity contribution in [3.8, 4) is 11.3 Å². The van der Waals surface area contributed by atoms with Crippen LogP contribution in [0.4, 0.5) is 5.69 Å². The van der Waals surface area contributed by atoms with Gasteiger partial charge in [0.05, 0.1) is 5.69 Å². The molecule has 0 aliphatic heterocycles. The summed E-state index contributed by atoms with van der Waals surface area (Å²) in [7, 11) is 0. The van der Waals surface area contributed by atoms with Crippen LogP contribution in [-0.4, -0.2) is 26.3 Å². The second kappa shape index (κ2) is 7.08. The number of aryl methyl sites for hydroxylation is 1. The van der Waals surface area contributed by atoms with E-state index in [2.05, 4.69) is 15.4 Å². The summed E-state index contributed by atoms with van der Waals surface area (Å²) >= 11 is 0. The Morgan fingerprint density at radius 1 is 0.964 bits per heavy atom. The number of ketones is 1. The van der Waals surface area contributed by atoms with E-state index in [9.17, 15) is 9.59 Å². The lowest BCUT2D eigenvalue weighted by atomic mass is 10.1. The zero-order chi connectivity index (χ0) is 19.7. The molecule has 0 unspecified atom stereocenters. The lowest BCUT2D eigenvalue weighted by molar-refractivity contribution is 0.100. The first-order valence-electron chi connectivity index (χ1n) is 8.86. The fraction of sp³-hybridized carbons (Fsp3) is 0.0909. The molecular formula is C22H18N4O2. The van der Waals surface area contributed by atoms with Gasteiger partial charge < -0.3 is 5.32 Å². The van der Waals surface area contributed by atoms with E-state index in [0.717, 1.165) is 17.0 Å². The molecule has 0 bridgehead atoms. The van der Waals surface area contributed by atoms with Gasteiger partial charge in [0, 0.05) is 28.6 Å². The number of hydrogen-bond donors (Lipinski definition) is 1. The van der Waals surface area contributed by atoms with Crippen LogP contribution in [0, 0.1) is 6.92 Å². The van der Waals surface area contributed by atoms with Crippen molar-refractivity contribution in [1.82, 2.24) is 14.6 Å². The number of benzene rings is 2. The van der Waals surface area contributed by atoms with Gasteiger partial charge in [-0.05, 0) is 32.0 Å². The van der Waals surface area contributed by atoms with Gasteiger partial charge in [-0.25, -0.2) is 9.50 Å². The smallest absolute Gasteiger partial charge is 0.276 e. The van der Waals surface area contributed by atoms with Crippen LogP contribution >= 0.6 is 0 Å². The van der Waals surface area contributed by atoms with Crippen LogP contribution in [0.2, 0.25) is 0 Å². The minimum Gasteiger partial charge on any atom is -0.321 e. The summed E-state index contributed by atoms with van der Waals surface area (Å²) in [4.78, 5) is 28.8. The van der Waals surface area contributed by atoms with E-state index in [1.165, 1.54) is 6.92 Å². The number of carbonyl (C=O) groups excluding carboxylic acids is 2. The summed E-state index contributed by atoms with van der Waals surface area (Å²) in [6, 6.07) is 20.3. The van der Waals surface area contributed by atoms with Gasteiger partial charge >= 0.3 is 0 Å². The number of anilines is 1. The average Bonchev–Trinajstić information content (AvgIpc) is 3.14. The van der Waals surface area contributed by atoms with Gasteiger partial charge in [-0.1, -0.05) is 42.5 Å². The van der Waals surface area contributed by atoms with Crippen LogP contribution in [-0.2, 0) is 0 Å². The summed E-state index contributed by atoms with van der Waals surface area (Å²) in [5.41, 5.74) is 4.65. The van der Waals surface area contributed by atoms with E-state index >= 15 is 0 Å². The van der Waals surface area contributed by atoms with E-state index in [1.807, 2.05) is 43.3 Å². The van der Waals surface area contributed by atoms with Crippen molar-refractivity contribution in [3.63, 3.8) is 0 Å². The Hall–Kier alpha value is -3.80. The molecule has 0 radical (unpaired) electrons. The molecule has 0 saturated carbocycles. The average molecular weight is 370 g/mol. The predicted octanol–water partition coefficient (Wildman–Crippen LogP) is 4.16. The number of nitrogens with zero attached hydrogens (tertiary/aromatic N) is 3. The van der Waals surface area contributed by atoms with Crippen molar-refractivity contribution in [2.75, 3.05) is 5.32 Å². The summed E-state index contributed by atoms with van der Waals surface area (Å²) < 4.78 is 1.65. The summed E-state index contributed by atoms with van der Waals surface area (Å²) in [5, 5.41) is 7.16. The SMILES string of the molecule is CC(=O)c1cccc(NC(=O)c2cc3nc(-c4ccccc4)cc(C)n3n2)c1. The minimum atomic E-state index is -0.355. The summed E-state index contributed by atoms with van der Waals surface area (Å²) in [6.45, 7) is 3.41. The Bertz CT molecular complexity index is 1200. The van der Waals surface area contributed by atoms with E-state index < -0.39 is 0 Å². The lowest BCUT2D eigenvalue weighted by Crippen LogP contribution is -2.13.